The van der Waals surface area contributed by atoms with Gasteiger partial charge in [0.25, 0.3) is 0 Å². The highest BCUT2D eigenvalue weighted by atomic mass is 35.5. The molecule has 0 aliphatic heterocycles. The van der Waals surface area contributed by atoms with Crippen molar-refractivity contribution in [3.63, 3.8) is 0 Å². The summed E-state index contributed by atoms with van der Waals surface area (Å²) in [4.78, 5) is 20.2. The summed E-state index contributed by atoms with van der Waals surface area (Å²) < 4.78 is 10.7. The molecule has 0 unspecified atom stereocenters. The molecular formula is C18H18Cl2N2O3. The lowest BCUT2D eigenvalue weighted by atomic mass is 10.2. The summed E-state index contributed by atoms with van der Waals surface area (Å²) in [7, 11) is 0. The first-order valence-corrected chi connectivity index (χ1v) is 8.51. The molecule has 0 radical (unpaired) electrons. The van der Waals surface area contributed by atoms with Crippen molar-refractivity contribution >= 4 is 35.2 Å². The second-order valence-corrected chi connectivity index (χ2v) is 6.25. The van der Waals surface area contributed by atoms with Crippen LogP contribution in [-0.4, -0.2) is 22.5 Å². The van der Waals surface area contributed by atoms with E-state index in [-0.39, 0.29) is 5.92 Å². The molecule has 0 N–H and O–H groups in total. The van der Waals surface area contributed by atoms with E-state index in [2.05, 4.69) is 9.97 Å². The number of ether oxygens (including phenoxy) is 2. The van der Waals surface area contributed by atoms with Crippen LogP contribution in [-0.2, 0) is 9.53 Å². The van der Waals surface area contributed by atoms with Crippen LogP contribution in [0.5, 0.6) is 11.6 Å². The topological polar surface area (TPSA) is 61.3 Å². The molecule has 7 heteroatoms. The Morgan fingerprint density at radius 1 is 1.32 bits per heavy atom. The van der Waals surface area contributed by atoms with Gasteiger partial charge in [0.15, 0.2) is 0 Å². The molecule has 132 valence electrons. The van der Waals surface area contributed by atoms with Gasteiger partial charge in [-0.15, -0.1) is 0 Å². The Balaban J connectivity index is 2.38. The third-order valence-corrected chi connectivity index (χ3v) is 3.63. The third kappa shape index (κ3) is 5.44. The van der Waals surface area contributed by atoms with Gasteiger partial charge >= 0.3 is 5.97 Å². The van der Waals surface area contributed by atoms with Crippen molar-refractivity contribution in [3.8, 4) is 11.6 Å². The van der Waals surface area contributed by atoms with Gasteiger partial charge in [0.1, 0.15) is 11.6 Å². The average Bonchev–Trinajstić information content (AvgIpc) is 2.56. The number of hydrogen-bond donors (Lipinski definition) is 0. The van der Waals surface area contributed by atoms with E-state index in [1.807, 2.05) is 13.8 Å². The maximum atomic E-state index is 11.5. The maximum Gasteiger partial charge on any atom is 0.330 e. The van der Waals surface area contributed by atoms with E-state index in [0.717, 1.165) is 0 Å². The third-order valence-electron chi connectivity index (χ3n) is 3.10. The molecule has 0 bridgehead atoms. The number of carbonyl (C=O) groups excluding carboxylic acids is 1. The van der Waals surface area contributed by atoms with Crippen LogP contribution in [0.2, 0.25) is 10.0 Å². The average molecular weight is 381 g/mol. The van der Waals surface area contributed by atoms with E-state index in [4.69, 9.17) is 32.7 Å². The second kappa shape index (κ2) is 8.83. The standard InChI is InChI=1S/C18H18Cl2N2O3/c1-4-24-16(23)8-5-12-10-21-17(11(2)3)22-18(12)25-15-7-6-13(19)9-14(15)20/h5-11H,4H2,1-3H3. The SMILES string of the molecule is CCOC(=O)C=Cc1cnc(C(C)C)nc1Oc1ccc(Cl)cc1Cl. The highest BCUT2D eigenvalue weighted by Gasteiger charge is 2.13. The summed E-state index contributed by atoms with van der Waals surface area (Å²) in [6, 6.07) is 4.90. The predicted molar refractivity (Wildman–Crippen MR) is 98.3 cm³/mol. The molecule has 0 spiro atoms. The Bertz CT molecular complexity index is 792. The summed E-state index contributed by atoms with van der Waals surface area (Å²) in [5, 5.41) is 0.864. The second-order valence-electron chi connectivity index (χ2n) is 5.41. The number of nitrogens with zero attached hydrogens (tertiary/aromatic N) is 2. The molecule has 0 amide bonds. The molecule has 0 aliphatic carbocycles. The van der Waals surface area contributed by atoms with Crippen molar-refractivity contribution in [2.45, 2.75) is 26.7 Å². The largest absolute Gasteiger partial charge is 0.463 e. The summed E-state index contributed by atoms with van der Waals surface area (Å²) >= 11 is 12.1. The Kier molecular flexibility index (Phi) is 6.79. The molecule has 5 nitrogen and oxygen atoms in total. The lowest BCUT2D eigenvalue weighted by molar-refractivity contribution is -0.137. The molecule has 25 heavy (non-hydrogen) atoms. The van der Waals surface area contributed by atoms with Crippen molar-refractivity contribution in [2.75, 3.05) is 6.61 Å². The van der Waals surface area contributed by atoms with Gasteiger partial charge in [0.05, 0.1) is 17.2 Å². The van der Waals surface area contributed by atoms with E-state index in [0.29, 0.717) is 39.7 Å². The number of halogens is 2. The van der Waals surface area contributed by atoms with E-state index in [1.165, 1.54) is 6.08 Å². The number of carbonyl (C=O) groups is 1. The van der Waals surface area contributed by atoms with Crippen LogP contribution in [0, 0.1) is 0 Å². The van der Waals surface area contributed by atoms with Crippen molar-refractivity contribution in [2.24, 2.45) is 0 Å². The summed E-state index contributed by atoms with van der Waals surface area (Å²) in [5.41, 5.74) is 0.531. The lowest BCUT2D eigenvalue weighted by Crippen LogP contribution is -2.02. The van der Waals surface area contributed by atoms with Crippen molar-refractivity contribution < 1.29 is 14.3 Å². The number of rotatable bonds is 6. The first-order chi connectivity index (χ1) is 11.9. The molecule has 1 aromatic carbocycles. The van der Waals surface area contributed by atoms with Crippen LogP contribution in [0.1, 0.15) is 38.1 Å². The fourth-order valence-corrected chi connectivity index (χ4v) is 2.32. The van der Waals surface area contributed by atoms with E-state index >= 15 is 0 Å². The van der Waals surface area contributed by atoms with Gasteiger partial charge < -0.3 is 9.47 Å². The maximum absolute atomic E-state index is 11.5. The first-order valence-electron chi connectivity index (χ1n) is 7.75. The number of esters is 1. The number of aromatic nitrogens is 2. The monoisotopic (exact) mass is 380 g/mol. The Hall–Kier alpha value is -2.11. The van der Waals surface area contributed by atoms with E-state index in [9.17, 15) is 4.79 Å². The molecule has 1 aromatic heterocycles. The van der Waals surface area contributed by atoms with E-state index < -0.39 is 5.97 Å². The van der Waals surface area contributed by atoms with Crippen LogP contribution < -0.4 is 4.74 Å². The minimum atomic E-state index is -0.453. The summed E-state index contributed by atoms with van der Waals surface area (Å²) in [6.45, 7) is 5.99. The Morgan fingerprint density at radius 2 is 2.08 bits per heavy atom. The van der Waals surface area contributed by atoms with Crippen molar-refractivity contribution in [1.82, 2.24) is 9.97 Å². The van der Waals surface area contributed by atoms with Gasteiger partial charge in [-0.2, -0.15) is 4.98 Å². The molecule has 2 aromatic rings. The van der Waals surface area contributed by atoms with Crippen LogP contribution in [0.25, 0.3) is 6.08 Å². The highest BCUT2D eigenvalue weighted by Crippen LogP contribution is 2.32. The van der Waals surface area contributed by atoms with Crippen LogP contribution in [0.4, 0.5) is 0 Å². The molecule has 0 fully saturated rings. The number of hydrogen-bond acceptors (Lipinski definition) is 5. The molecule has 0 atom stereocenters. The predicted octanol–water partition coefficient (Wildman–Crippen LogP) is 5.28. The van der Waals surface area contributed by atoms with Gasteiger partial charge in [-0.25, -0.2) is 9.78 Å². The summed E-state index contributed by atoms with van der Waals surface area (Å²) in [6.07, 6.45) is 4.44. The van der Waals surface area contributed by atoms with Gasteiger partial charge in [-0.1, -0.05) is 37.0 Å². The van der Waals surface area contributed by atoms with Gasteiger partial charge in [-0.3, -0.25) is 0 Å². The smallest absolute Gasteiger partial charge is 0.330 e. The Morgan fingerprint density at radius 3 is 2.72 bits per heavy atom. The number of benzene rings is 1. The molecule has 1 heterocycles. The fraction of sp³-hybridized carbons (Fsp3) is 0.278. The normalized spacial score (nSPS) is 11.1. The van der Waals surface area contributed by atoms with Gasteiger partial charge in [0.2, 0.25) is 5.88 Å². The molecule has 0 aliphatic rings. The van der Waals surface area contributed by atoms with Crippen LogP contribution >= 0.6 is 23.2 Å². The minimum absolute atomic E-state index is 0.117. The minimum Gasteiger partial charge on any atom is -0.463 e. The molecule has 0 saturated carbocycles. The molecular weight excluding hydrogens is 363 g/mol. The van der Waals surface area contributed by atoms with Gasteiger partial charge in [-0.05, 0) is 31.2 Å². The molecule has 2 rings (SSSR count). The van der Waals surface area contributed by atoms with Crippen LogP contribution in [0.3, 0.4) is 0 Å². The lowest BCUT2D eigenvalue weighted by Gasteiger charge is -2.12. The molecule has 0 saturated heterocycles. The zero-order valence-corrected chi connectivity index (χ0v) is 15.6. The zero-order valence-electron chi connectivity index (χ0n) is 14.1. The first kappa shape index (κ1) is 19.2. The fourth-order valence-electron chi connectivity index (χ4n) is 1.87. The van der Waals surface area contributed by atoms with Crippen molar-refractivity contribution in [3.05, 3.63) is 51.9 Å². The quantitative estimate of drug-likeness (QED) is 0.504. The van der Waals surface area contributed by atoms with E-state index in [1.54, 1.807) is 37.4 Å². The van der Waals surface area contributed by atoms with Crippen molar-refractivity contribution in [1.29, 1.82) is 0 Å². The Labute approximate surface area is 156 Å². The zero-order chi connectivity index (χ0) is 18.4. The van der Waals surface area contributed by atoms with Crippen LogP contribution in [0.15, 0.2) is 30.5 Å². The van der Waals surface area contributed by atoms with Gasteiger partial charge in [0, 0.05) is 23.2 Å². The summed E-state index contributed by atoms with van der Waals surface area (Å²) in [5.74, 6) is 0.985. The highest BCUT2D eigenvalue weighted by molar-refractivity contribution is 6.35.